The topological polar surface area (TPSA) is 45.0 Å². The van der Waals surface area contributed by atoms with Crippen LogP contribution in [-0.2, 0) is 6.54 Å². The van der Waals surface area contributed by atoms with Crippen molar-refractivity contribution in [3.63, 3.8) is 0 Å². The van der Waals surface area contributed by atoms with E-state index in [-0.39, 0.29) is 0 Å². The molecule has 0 saturated carbocycles. The van der Waals surface area contributed by atoms with Gasteiger partial charge in [0.05, 0.1) is 19.6 Å². The van der Waals surface area contributed by atoms with Crippen LogP contribution in [0.2, 0.25) is 0 Å². The van der Waals surface area contributed by atoms with Crippen molar-refractivity contribution in [2.24, 2.45) is 0 Å². The number of nitrogens with one attached hydrogen (secondary N) is 1. The third-order valence-corrected chi connectivity index (χ3v) is 3.28. The zero-order valence-electron chi connectivity index (χ0n) is 9.12. The van der Waals surface area contributed by atoms with Crippen molar-refractivity contribution in [1.82, 2.24) is 5.32 Å². The fraction of sp³-hybridized carbons (Fsp3) is 0.545. The predicted octanol–water partition coefficient (Wildman–Crippen LogP) is 2.54. The van der Waals surface area contributed by atoms with Crippen molar-refractivity contribution < 1.29 is 4.74 Å². The molecule has 82 valence electrons. The lowest BCUT2D eigenvalue weighted by Gasteiger charge is -2.11. The van der Waals surface area contributed by atoms with Gasteiger partial charge < -0.3 is 10.1 Å². The summed E-state index contributed by atoms with van der Waals surface area (Å²) in [6, 6.07) is 6.50. The molecule has 1 rings (SSSR count). The van der Waals surface area contributed by atoms with E-state index in [1.54, 1.807) is 18.4 Å². The molecular weight excluding hydrogens is 208 g/mol. The standard InChI is InChI=1S/C11H16N2OS/c1-3-9(6-7-12)13-8-10-4-5-11(14-2)15-10/h4-5,9,13H,3,6,8H2,1-2H3. The molecule has 0 aliphatic rings. The smallest absolute Gasteiger partial charge is 0.173 e. The molecule has 0 fully saturated rings. The molecule has 0 aromatic carbocycles. The van der Waals surface area contributed by atoms with Crippen molar-refractivity contribution in [3.8, 4) is 11.1 Å². The van der Waals surface area contributed by atoms with E-state index in [4.69, 9.17) is 10.00 Å². The summed E-state index contributed by atoms with van der Waals surface area (Å²) in [4.78, 5) is 1.24. The molecule has 0 radical (unpaired) electrons. The number of hydrogen-bond acceptors (Lipinski definition) is 4. The maximum Gasteiger partial charge on any atom is 0.173 e. The first-order valence-electron chi connectivity index (χ1n) is 5.03. The van der Waals surface area contributed by atoms with Gasteiger partial charge in [-0.1, -0.05) is 6.92 Å². The van der Waals surface area contributed by atoms with Crippen LogP contribution in [0.25, 0.3) is 0 Å². The van der Waals surface area contributed by atoms with Crippen LogP contribution in [0, 0.1) is 11.3 Å². The van der Waals surface area contributed by atoms with Gasteiger partial charge in [0.25, 0.3) is 0 Å². The number of nitriles is 1. The second-order valence-electron chi connectivity index (χ2n) is 3.27. The maximum atomic E-state index is 8.60. The Morgan fingerprint density at radius 1 is 1.60 bits per heavy atom. The number of methoxy groups -OCH3 is 1. The van der Waals surface area contributed by atoms with Crippen LogP contribution in [0.4, 0.5) is 0 Å². The molecule has 1 aromatic heterocycles. The highest BCUT2D eigenvalue weighted by atomic mass is 32.1. The highest BCUT2D eigenvalue weighted by Crippen LogP contribution is 2.23. The van der Waals surface area contributed by atoms with Crippen LogP contribution < -0.4 is 10.1 Å². The molecule has 0 aliphatic heterocycles. The van der Waals surface area contributed by atoms with E-state index in [0.717, 1.165) is 18.0 Å². The molecule has 0 spiro atoms. The molecule has 1 aromatic rings. The average Bonchev–Trinajstić information content (AvgIpc) is 2.72. The summed E-state index contributed by atoms with van der Waals surface area (Å²) in [6.45, 7) is 2.90. The van der Waals surface area contributed by atoms with Crippen LogP contribution in [0.15, 0.2) is 12.1 Å². The second kappa shape index (κ2) is 6.44. The lowest BCUT2D eigenvalue weighted by Crippen LogP contribution is -2.26. The van der Waals surface area contributed by atoms with Gasteiger partial charge in [0, 0.05) is 17.5 Å². The van der Waals surface area contributed by atoms with Crippen LogP contribution in [-0.4, -0.2) is 13.2 Å². The van der Waals surface area contributed by atoms with E-state index in [0.29, 0.717) is 12.5 Å². The van der Waals surface area contributed by atoms with Gasteiger partial charge in [-0.05, 0) is 18.6 Å². The molecule has 3 nitrogen and oxygen atoms in total. The molecular formula is C11H16N2OS. The number of hydrogen-bond donors (Lipinski definition) is 1. The third kappa shape index (κ3) is 3.90. The molecule has 0 aliphatic carbocycles. The predicted molar refractivity (Wildman–Crippen MR) is 62.0 cm³/mol. The molecule has 0 saturated heterocycles. The van der Waals surface area contributed by atoms with Crippen LogP contribution in [0.3, 0.4) is 0 Å². The van der Waals surface area contributed by atoms with E-state index in [9.17, 15) is 0 Å². The largest absolute Gasteiger partial charge is 0.487 e. The minimum absolute atomic E-state index is 0.295. The molecule has 0 bridgehead atoms. The molecule has 4 heteroatoms. The number of nitrogens with zero attached hydrogens (tertiary/aromatic N) is 1. The Morgan fingerprint density at radius 3 is 2.93 bits per heavy atom. The fourth-order valence-electron chi connectivity index (χ4n) is 1.28. The Hall–Kier alpha value is -1.05. The minimum Gasteiger partial charge on any atom is -0.487 e. The molecule has 0 amide bonds. The van der Waals surface area contributed by atoms with Crippen LogP contribution in [0.1, 0.15) is 24.6 Å². The summed E-state index contributed by atoms with van der Waals surface area (Å²) in [5.41, 5.74) is 0. The summed E-state index contributed by atoms with van der Waals surface area (Å²) >= 11 is 1.64. The first kappa shape index (κ1) is 12.0. The van der Waals surface area contributed by atoms with Crippen molar-refractivity contribution in [2.45, 2.75) is 32.4 Å². The van der Waals surface area contributed by atoms with Gasteiger partial charge in [-0.2, -0.15) is 5.26 Å². The molecule has 1 N–H and O–H groups in total. The van der Waals surface area contributed by atoms with Gasteiger partial charge in [0.2, 0.25) is 0 Å². The monoisotopic (exact) mass is 224 g/mol. The number of thiophene rings is 1. The Balaban J connectivity index is 2.38. The van der Waals surface area contributed by atoms with Gasteiger partial charge in [-0.15, -0.1) is 11.3 Å². The van der Waals surface area contributed by atoms with Gasteiger partial charge in [-0.3, -0.25) is 0 Å². The Kier molecular flexibility index (Phi) is 5.16. The fourth-order valence-corrected chi connectivity index (χ4v) is 2.05. The average molecular weight is 224 g/mol. The zero-order chi connectivity index (χ0) is 11.1. The molecule has 1 atom stereocenters. The van der Waals surface area contributed by atoms with Crippen molar-refractivity contribution in [2.75, 3.05) is 7.11 Å². The third-order valence-electron chi connectivity index (χ3n) is 2.23. The normalized spacial score (nSPS) is 12.1. The van der Waals surface area contributed by atoms with E-state index in [1.807, 2.05) is 6.07 Å². The Morgan fingerprint density at radius 2 is 2.40 bits per heavy atom. The Labute approximate surface area is 94.7 Å². The van der Waals surface area contributed by atoms with Gasteiger partial charge in [0.15, 0.2) is 5.06 Å². The van der Waals surface area contributed by atoms with E-state index in [1.165, 1.54) is 4.88 Å². The van der Waals surface area contributed by atoms with Gasteiger partial charge in [-0.25, -0.2) is 0 Å². The van der Waals surface area contributed by atoms with Gasteiger partial charge >= 0.3 is 0 Å². The number of ether oxygens (including phenoxy) is 1. The summed E-state index contributed by atoms with van der Waals surface area (Å²) in [7, 11) is 1.67. The first-order chi connectivity index (χ1) is 7.30. The van der Waals surface area contributed by atoms with E-state index < -0.39 is 0 Å². The quantitative estimate of drug-likeness (QED) is 0.807. The number of rotatable bonds is 6. The van der Waals surface area contributed by atoms with E-state index in [2.05, 4.69) is 24.4 Å². The van der Waals surface area contributed by atoms with Crippen molar-refractivity contribution in [1.29, 1.82) is 5.26 Å². The minimum atomic E-state index is 0.295. The van der Waals surface area contributed by atoms with Crippen LogP contribution >= 0.6 is 11.3 Å². The van der Waals surface area contributed by atoms with Crippen LogP contribution in [0.5, 0.6) is 5.06 Å². The van der Waals surface area contributed by atoms with Gasteiger partial charge in [0.1, 0.15) is 0 Å². The SMILES string of the molecule is CCC(CC#N)NCc1ccc(OC)s1. The maximum absolute atomic E-state index is 8.60. The summed E-state index contributed by atoms with van der Waals surface area (Å²) in [5, 5.41) is 12.9. The summed E-state index contributed by atoms with van der Waals surface area (Å²) in [6.07, 6.45) is 1.55. The molecule has 1 unspecified atom stereocenters. The van der Waals surface area contributed by atoms with Crippen molar-refractivity contribution >= 4 is 11.3 Å². The second-order valence-corrected chi connectivity index (χ2v) is 4.40. The lowest BCUT2D eigenvalue weighted by atomic mass is 10.2. The zero-order valence-corrected chi connectivity index (χ0v) is 9.93. The molecule has 1 heterocycles. The highest BCUT2D eigenvalue weighted by Gasteiger charge is 2.06. The Bertz CT molecular complexity index is 330. The first-order valence-corrected chi connectivity index (χ1v) is 5.84. The molecule has 15 heavy (non-hydrogen) atoms. The summed E-state index contributed by atoms with van der Waals surface area (Å²) in [5.74, 6) is 0. The highest BCUT2D eigenvalue weighted by molar-refractivity contribution is 7.13. The summed E-state index contributed by atoms with van der Waals surface area (Å²) < 4.78 is 5.11. The van der Waals surface area contributed by atoms with Crippen molar-refractivity contribution in [3.05, 3.63) is 17.0 Å². The lowest BCUT2D eigenvalue weighted by molar-refractivity contribution is 0.427. The van der Waals surface area contributed by atoms with E-state index >= 15 is 0 Å².